The molecule has 7 nitrogen and oxygen atoms in total. The van der Waals surface area contributed by atoms with Crippen molar-refractivity contribution in [3.8, 4) is 0 Å². The highest BCUT2D eigenvalue weighted by Gasteiger charge is 2.29. The number of hydrogen-bond donors (Lipinski definition) is 3. The van der Waals surface area contributed by atoms with Crippen molar-refractivity contribution in [1.82, 2.24) is 15.6 Å². The minimum atomic E-state index is -3.82. The Morgan fingerprint density at radius 1 is 1.08 bits per heavy atom. The molecule has 0 fully saturated rings. The van der Waals surface area contributed by atoms with E-state index in [-0.39, 0.29) is 10.1 Å². The quantitative estimate of drug-likeness (QED) is 0.629. The Morgan fingerprint density at radius 3 is 2.27 bits per heavy atom. The second-order valence-electron chi connectivity index (χ2n) is 5.73. The number of halogens is 1. The van der Waals surface area contributed by atoms with E-state index < -0.39 is 27.9 Å². The molecule has 2 amide bonds. The van der Waals surface area contributed by atoms with Crippen molar-refractivity contribution >= 4 is 44.8 Å². The lowest BCUT2D eigenvalue weighted by Crippen LogP contribution is -2.54. The fourth-order valence-corrected chi connectivity index (χ4v) is 4.48. The Balaban J connectivity index is 2.02. The summed E-state index contributed by atoms with van der Waals surface area (Å²) in [6, 6.07) is 8.11. The van der Waals surface area contributed by atoms with Crippen molar-refractivity contribution in [1.29, 1.82) is 0 Å². The second-order valence-corrected chi connectivity index (χ2v) is 9.05. The smallest absolute Gasteiger partial charge is 0.269 e. The standard InChI is InChI=1S/C16H18ClN3O4S2/c1-10(2)14(20-26(23,24)13-4-3-9-25-13)16(22)19-18-15(21)11-5-7-12(17)8-6-11/h3-10,14,20H,1-2H3,(H,18,21)(H,19,22)/t14-/m0/s1. The molecule has 140 valence electrons. The fourth-order valence-electron chi connectivity index (χ4n) is 2.00. The summed E-state index contributed by atoms with van der Waals surface area (Å²) in [6.45, 7) is 3.39. The molecule has 0 saturated carbocycles. The summed E-state index contributed by atoms with van der Waals surface area (Å²) in [7, 11) is -3.82. The van der Waals surface area contributed by atoms with Gasteiger partial charge in [0.15, 0.2) is 0 Å². The van der Waals surface area contributed by atoms with Crippen molar-refractivity contribution < 1.29 is 18.0 Å². The van der Waals surface area contributed by atoms with Gasteiger partial charge in [-0.3, -0.25) is 20.4 Å². The third-order valence-corrected chi connectivity index (χ3v) is 6.49. The van der Waals surface area contributed by atoms with E-state index in [1.165, 1.54) is 18.2 Å². The van der Waals surface area contributed by atoms with E-state index in [4.69, 9.17) is 11.6 Å². The first-order valence-electron chi connectivity index (χ1n) is 7.62. The molecule has 2 rings (SSSR count). The lowest BCUT2D eigenvalue weighted by molar-refractivity contribution is -0.124. The lowest BCUT2D eigenvalue weighted by Gasteiger charge is -2.21. The molecular formula is C16H18ClN3O4S2. The number of benzene rings is 1. The van der Waals surface area contributed by atoms with Crippen molar-refractivity contribution in [2.75, 3.05) is 0 Å². The van der Waals surface area contributed by atoms with Crippen LogP contribution < -0.4 is 15.6 Å². The second kappa shape index (κ2) is 8.63. The van der Waals surface area contributed by atoms with Crippen molar-refractivity contribution in [3.05, 3.63) is 52.4 Å². The van der Waals surface area contributed by atoms with E-state index in [1.54, 1.807) is 37.4 Å². The van der Waals surface area contributed by atoms with Gasteiger partial charge in [-0.25, -0.2) is 8.42 Å². The monoisotopic (exact) mass is 415 g/mol. The topological polar surface area (TPSA) is 104 Å². The molecule has 1 aromatic carbocycles. The van der Waals surface area contributed by atoms with Crippen molar-refractivity contribution in [2.24, 2.45) is 5.92 Å². The molecule has 26 heavy (non-hydrogen) atoms. The van der Waals surface area contributed by atoms with Gasteiger partial charge in [-0.2, -0.15) is 4.72 Å². The van der Waals surface area contributed by atoms with Gasteiger partial charge >= 0.3 is 0 Å². The van der Waals surface area contributed by atoms with E-state index in [0.29, 0.717) is 10.6 Å². The minimum Gasteiger partial charge on any atom is -0.271 e. The number of rotatable bonds is 6. The Bertz CT molecular complexity index is 865. The van der Waals surface area contributed by atoms with Crippen LogP contribution in [-0.4, -0.2) is 26.3 Å². The highest BCUT2D eigenvalue weighted by atomic mass is 35.5. The number of thiophene rings is 1. The largest absolute Gasteiger partial charge is 0.271 e. The first-order valence-corrected chi connectivity index (χ1v) is 10.4. The normalized spacial score (nSPS) is 12.6. The van der Waals surface area contributed by atoms with E-state index in [0.717, 1.165) is 11.3 Å². The SMILES string of the molecule is CC(C)[C@H](NS(=O)(=O)c1cccs1)C(=O)NNC(=O)c1ccc(Cl)cc1. The van der Waals surface area contributed by atoms with Gasteiger partial charge in [-0.05, 0) is 41.6 Å². The maximum Gasteiger partial charge on any atom is 0.269 e. The van der Waals surface area contributed by atoms with Crippen LogP contribution >= 0.6 is 22.9 Å². The van der Waals surface area contributed by atoms with Gasteiger partial charge in [-0.1, -0.05) is 31.5 Å². The van der Waals surface area contributed by atoms with E-state index in [9.17, 15) is 18.0 Å². The highest BCUT2D eigenvalue weighted by molar-refractivity contribution is 7.91. The van der Waals surface area contributed by atoms with Gasteiger partial charge in [0.25, 0.3) is 21.8 Å². The molecule has 0 radical (unpaired) electrons. The zero-order valence-corrected chi connectivity index (χ0v) is 16.4. The van der Waals surface area contributed by atoms with Crippen LogP contribution in [0.25, 0.3) is 0 Å². The summed E-state index contributed by atoms with van der Waals surface area (Å²) >= 11 is 6.81. The van der Waals surface area contributed by atoms with Crippen molar-refractivity contribution in [2.45, 2.75) is 24.1 Å². The molecule has 0 aliphatic carbocycles. The number of carbonyl (C=O) groups is 2. The molecule has 10 heteroatoms. The molecule has 0 spiro atoms. The van der Waals surface area contributed by atoms with E-state index >= 15 is 0 Å². The predicted molar refractivity (Wildman–Crippen MR) is 100 cm³/mol. The summed E-state index contributed by atoms with van der Waals surface area (Å²) in [4.78, 5) is 24.4. The molecular weight excluding hydrogens is 398 g/mol. The summed E-state index contributed by atoms with van der Waals surface area (Å²) in [5.74, 6) is -1.54. The van der Waals surface area contributed by atoms with E-state index in [2.05, 4.69) is 15.6 Å². The summed E-state index contributed by atoms with van der Waals surface area (Å²) in [6.07, 6.45) is 0. The Kier molecular flexibility index (Phi) is 6.76. The molecule has 0 aliphatic heterocycles. The first-order chi connectivity index (χ1) is 12.2. The average molecular weight is 416 g/mol. The fraction of sp³-hybridized carbons (Fsp3) is 0.250. The Hall–Kier alpha value is -1.94. The minimum absolute atomic E-state index is 0.112. The van der Waals surface area contributed by atoms with Crippen LogP contribution in [0.5, 0.6) is 0 Å². The van der Waals surface area contributed by atoms with Gasteiger partial charge in [0, 0.05) is 10.6 Å². The number of hydrogen-bond acceptors (Lipinski definition) is 5. The third-order valence-electron chi connectivity index (χ3n) is 3.40. The number of amides is 2. The van der Waals surface area contributed by atoms with Crippen LogP contribution in [0.1, 0.15) is 24.2 Å². The summed E-state index contributed by atoms with van der Waals surface area (Å²) in [5.41, 5.74) is 4.81. The predicted octanol–water partition coefficient (Wildman–Crippen LogP) is 2.17. The molecule has 1 aromatic heterocycles. The number of sulfonamides is 1. The highest BCUT2D eigenvalue weighted by Crippen LogP contribution is 2.17. The zero-order chi connectivity index (χ0) is 19.3. The molecule has 2 aromatic rings. The summed E-state index contributed by atoms with van der Waals surface area (Å²) in [5, 5.41) is 2.11. The summed E-state index contributed by atoms with van der Waals surface area (Å²) < 4.78 is 27.1. The van der Waals surface area contributed by atoms with Gasteiger partial charge in [-0.15, -0.1) is 11.3 Å². The molecule has 1 atom stereocenters. The Labute approximate surface area is 160 Å². The van der Waals surface area contributed by atoms with Crippen molar-refractivity contribution in [3.63, 3.8) is 0 Å². The Morgan fingerprint density at radius 2 is 1.73 bits per heavy atom. The van der Waals surface area contributed by atoms with Gasteiger partial charge < -0.3 is 0 Å². The number of nitrogens with one attached hydrogen (secondary N) is 3. The maximum atomic E-state index is 12.4. The zero-order valence-electron chi connectivity index (χ0n) is 14.0. The average Bonchev–Trinajstić information content (AvgIpc) is 3.13. The molecule has 3 N–H and O–H groups in total. The number of hydrazine groups is 1. The van der Waals surface area contributed by atoms with Crippen LogP contribution in [0.3, 0.4) is 0 Å². The van der Waals surface area contributed by atoms with Crippen LogP contribution in [0.2, 0.25) is 5.02 Å². The van der Waals surface area contributed by atoms with Crippen LogP contribution in [0.15, 0.2) is 46.0 Å². The molecule has 0 unspecified atom stereocenters. The molecule has 0 saturated heterocycles. The first kappa shape index (κ1) is 20.4. The number of carbonyl (C=O) groups excluding carboxylic acids is 2. The third kappa shape index (κ3) is 5.28. The molecule has 0 bridgehead atoms. The molecule has 0 aliphatic rings. The van der Waals surface area contributed by atoms with E-state index in [1.807, 2.05) is 0 Å². The molecule has 1 heterocycles. The van der Waals surface area contributed by atoms with Gasteiger partial charge in [0.1, 0.15) is 10.3 Å². The van der Waals surface area contributed by atoms with Crippen LogP contribution in [-0.2, 0) is 14.8 Å². The van der Waals surface area contributed by atoms with Gasteiger partial charge in [0.2, 0.25) is 0 Å². The van der Waals surface area contributed by atoms with Crippen LogP contribution in [0.4, 0.5) is 0 Å². The lowest BCUT2D eigenvalue weighted by atomic mass is 10.1. The van der Waals surface area contributed by atoms with Gasteiger partial charge in [0.05, 0.1) is 0 Å². The maximum absolute atomic E-state index is 12.4. The van der Waals surface area contributed by atoms with Crippen LogP contribution in [0, 0.1) is 5.92 Å².